The summed E-state index contributed by atoms with van der Waals surface area (Å²) in [5, 5.41) is 13.0. The van der Waals surface area contributed by atoms with Crippen molar-refractivity contribution in [3.63, 3.8) is 0 Å². The molecule has 198 valence electrons. The van der Waals surface area contributed by atoms with Crippen LogP contribution in [0.2, 0.25) is 0 Å². The van der Waals surface area contributed by atoms with Crippen LogP contribution in [0.4, 0.5) is 5.69 Å². The number of para-hydroxylation sites is 1. The van der Waals surface area contributed by atoms with Gasteiger partial charge >= 0.3 is 0 Å². The predicted octanol–water partition coefficient (Wildman–Crippen LogP) is 3.99. The van der Waals surface area contributed by atoms with Gasteiger partial charge < -0.3 is 19.9 Å². The topological polar surface area (TPSA) is 102 Å². The molecule has 0 bridgehead atoms. The van der Waals surface area contributed by atoms with Gasteiger partial charge in [-0.1, -0.05) is 47.7 Å². The van der Waals surface area contributed by atoms with Gasteiger partial charge in [-0.25, -0.2) is 4.99 Å². The fourth-order valence-electron chi connectivity index (χ4n) is 4.48. The number of methoxy groups -OCH3 is 1. The zero-order chi connectivity index (χ0) is 27.5. The largest absolute Gasteiger partial charge is 0.504 e. The molecule has 1 aliphatic heterocycles. The van der Waals surface area contributed by atoms with Crippen molar-refractivity contribution in [3.8, 4) is 17.2 Å². The highest BCUT2D eigenvalue weighted by atomic mass is 32.1. The molecule has 0 spiro atoms. The number of phenols is 1. The smallest absolute Gasteiger partial charge is 0.271 e. The summed E-state index contributed by atoms with van der Waals surface area (Å²) in [6, 6.07) is 20.7. The van der Waals surface area contributed by atoms with E-state index in [0.717, 1.165) is 5.56 Å². The van der Waals surface area contributed by atoms with Crippen LogP contribution < -0.4 is 29.7 Å². The van der Waals surface area contributed by atoms with Gasteiger partial charge in [0.1, 0.15) is 5.75 Å². The number of nitrogens with zero attached hydrogens (tertiary/aromatic N) is 2. The number of carbonyl (C=O) groups excluding carboxylic acids is 1. The number of anilines is 1. The van der Waals surface area contributed by atoms with Gasteiger partial charge in [0.2, 0.25) is 0 Å². The molecular weight excluding hydrogens is 514 g/mol. The molecule has 5 rings (SSSR count). The highest BCUT2D eigenvalue weighted by Crippen LogP contribution is 2.32. The molecule has 1 aromatic heterocycles. The van der Waals surface area contributed by atoms with Crippen molar-refractivity contribution in [2.75, 3.05) is 19.0 Å². The van der Waals surface area contributed by atoms with E-state index in [9.17, 15) is 14.7 Å². The maximum absolute atomic E-state index is 13.9. The van der Waals surface area contributed by atoms with Crippen molar-refractivity contribution >= 4 is 29.0 Å². The molecule has 1 aliphatic rings. The van der Waals surface area contributed by atoms with Gasteiger partial charge in [-0.15, -0.1) is 0 Å². The number of hydrogen-bond acceptors (Lipinski definition) is 7. The molecule has 0 radical (unpaired) electrons. The van der Waals surface area contributed by atoms with Crippen molar-refractivity contribution < 1.29 is 19.4 Å². The van der Waals surface area contributed by atoms with Gasteiger partial charge in [-0.05, 0) is 67.4 Å². The van der Waals surface area contributed by atoms with Crippen molar-refractivity contribution in [1.82, 2.24) is 4.57 Å². The first-order chi connectivity index (χ1) is 18.9. The molecule has 39 heavy (non-hydrogen) atoms. The summed E-state index contributed by atoms with van der Waals surface area (Å²) in [6.07, 6.45) is 1.74. The lowest BCUT2D eigenvalue weighted by molar-refractivity contribution is -0.113. The molecule has 3 aromatic carbocycles. The van der Waals surface area contributed by atoms with Crippen LogP contribution in [0.25, 0.3) is 6.08 Å². The quantitative estimate of drug-likeness (QED) is 0.369. The van der Waals surface area contributed by atoms with Crippen LogP contribution in [-0.4, -0.2) is 29.3 Å². The number of allylic oxidation sites excluding steroid dienone is 1. The normalized spacial score (nSPS) is 14.9. The summed E-state index contributed by atoms with van der Waals surface area (Å²) in [5.41, 5.74) is 2.72. The average Bonchev–Trinajstić information content (AvgIpc) is 3.24. The van der Waals surface area contributed by atoms with Crippen LogP contribution in [0.3, 0.4) is 0 Å². The molecule has 1 atom stereocenters. The lowest BCUT2D eigenvalue weighted by Gasteiger charge is -2.25. The van der Waals surface area contributed by atoms with Crippen LogP contribution in [0.15, 0.2) is 93.9 Å². The molecule has 2 heterocycles. The third kappa shape index (κ3) is 5.21. The van der Waals surface area contributed by atoms with Gasteiger partial charge in [0.15, 0.2) is 16.3 Å². The van der Waals surface area contributed by atoms with Crippen molar-refractivity contribution in [3.05, 3.63) is 115 Å². The van der Waals surface area contributed by atoms with E-state index in [1.807, 2.05) is 37.3 Å². The maximum atomic E-state index is 13.9. The van der Waals surface area contributed by atoms with E-state index in [4.69, 9.17) is 9.47 Å². The Balaban J connectivity index is 1.65. The first-order valence-corrected chi connectivity index (χ1v) is 13.2. The van der Waals surface area contributed by atoms with E-state index in [1.54, 1.807) is 61.1 Å². The van der Waals surface area contributed by atoms with E-state index in [2.05, 4.69) is 10.3 Å². The second-order valence-corrected chi connectivity index (χ2v) is 9.84. The zero-order valence-electron chi connectivity index (χ0n) is 21.7. The van der Waals surface area contributed by atoms with Gasteiger partial charge in [0.05, 0.1) is 35.6 Å². The zero-order valence-corrected chi connectivity index (χ0v) is 22.5. The third-order valence-corrected chi connectivity index (χ3v) is 7.29. The summed E-state index contributed by atoms with van der Waals surface area (Å²) < 4.78 is 12.8. The first-order valence-electron chi connectivity index (χ1n) is 12.4. The number of nitrogens with one attached hydrogen (secondary N) is 1. The lowest BCUT2D eigenvalue weighted by Crippen LogP contribution is -2.40. The monoisotopic (exact) mass is 541 g/mol. The molecule has 0 fully saturated rings. The van der Waals surface area contributed by atoms with Crippen molar-refractivity contribution in [1.29, 1.82) is 0 Å². The Morgan fingerprint density at radius 3 is 2.56 bits per heavy atom. The number of aromatic hydroxyl groups is 1. The summed E-state index contributed by atoms with van der Waals surface area (Å²) in [4.78, 5) is 32.6. The van der Waals surface area contributed by atoms with Gasteiger partial charge in [-0.2, -0.15) is 0 Å². The van der Waals surface area contributed by atoms with Crippen LogP contribution in [-0.2, 0) is 4.79 Å². The van der Waals surface area contributed by atoms with E-state index < -0.39 is 6.04 Å². The summed E-state index contributed by atoms with van der Waals surface area (Å²) in [5.74, 6) is 0.697. The van der Waals surface area contributed by atoms with E-state index in [0.29, 0.717) is 50.0 Å². The van der Waals surface area contributed by atoms with Crippen LogP contribution in [0.1, 0.15) is 31.0 Å². The molecule has 9 heteroatoms. The summed E-state index contributed by atoms with van der Waals surface area (Å²) in [7, 11) is 1.58. The molecule has 8 nitrogen and oxygen atoms in total. The molecule has 0 aliphatic carbocycles. The Kier molecular flexibility index (Phi) is 7.33. The maximum Gasteiger partial charge on any atom is 0.271 e. The van der Waals surface area contributed by atoms with E-state index in [-0.39, 0.29) is 17.2 Å². The van der Waals surface area contributed by atoms with Crippen molar-refractivity contribution in [2.24, 2.45) is 4.99 Å². The van der Waals surface area contributed by atoms with Crippen LogP contribution in [0, 0.1) is 0 Å². The number of carbonyl (C=O) groups is 1. The second kappa shape index (κ2) is 11.0. The van der Waals surface area contributed by atoms with E-state index >= 15 is 0 Å². The molecule has 4 aromatic rings. The number of phenolic OH excluding ortho intramolecular Hbond substituents is 1. The van der Waals surface area contributed by atoms with Crippen LogP contribution >= 0.6 is 11.3 Å². The molecule has 0 unspecified atom stereocenters. The Morgan fingerprint density at radius 2 is 1.87 bits per heavy atom. The van der Waals surface area contributed by atoms with E-state index in [1.165, 1.54) is 17.4 Å². The molecule has 0 saturated carbocycles. The molecule has 2 N–H and O–H groups in total. The number of aromatic nitrogens is 1. The Hall–Kier alpha value is -4.63. The Morgan fingerprint density at radius 1 is 1.13 bits per heavy atom. The fourth-order valence-corrected chi connectivity index (χ4v) is 5.52. The number of benzene rings is 3. The van der Waals surface area contributed by atoms with Crippen LogP contribution in [0.5, 0.6) is 17.2 Å². The molecule has 1 amide bonds. The predicted molar refractivity (Wildman–Crippen MR) is 151 cm³/mol. The third-order valence-electron chi connectivity index (χ3n) is 6.31. The highest BCUT2D eigenvalue weighted by Gasteiger charge is 2.32. The molecular formula is C30H27N3O5S. The minimum absolute atomic E-state index is 0.0275. The number of amides is 1. The van der Waals surface area contributed by atoms with Gasteiger partial charge in [0, 0.05) is 5.69 Å². The average molecular weight is 542 g/mol. The number of rotatable bonds is 7. The number of hydrogen-bond donors (Lipinski definition) is 2. The van der Waals surface area contributed by atoms with Gasteiger partial charge in [0.25, 0.3) is 11.5 Å². The fraction of sp³-hybridized carbons (Fsp3) is 0.167. The lowest BCUT2D eigenvalue weighted by atomic mass is 9.95. The number of ether oxygens (including phenoxy) is 2. The first kappa shape index (κ1) is 26.0. The summed E-state index contributed by atoms with van der Waals surface area (Å²) in [6.45, 7) is 4.01. The Bertz CT molecular complexity index is 1740. The van der Waals surface area contributed by atoms with Gasteiger partial charge in [-0.3, -0.25) is 14.2 Å². The Labute approximate surface area is 228 Å². The van der Waals surface area contributed by atoms with Crippen molar-refractivity contribution in [2.45, 2.75) is 19.9 Å². The highest BCUT2D eigenvalue weighted by molar-refractivity contribution is 7.07. The minimum atomic E-state index is -0.697. The summed E-state index contributed by atoms with van der Waals surface area (Å²) >= 11 is 1.24. The second-order valence-electron chi connectivity index (χ2n) is 8.84. The number of thiazole rings is 1. The number of fused-ring (bicyclic) bond motifs is 1. The minimum Gasteiger partial charge on any atom is -0.504 e. The molecule has 0 saturated heterocycles. The SMILES string of the molecule is CCOc1cc(/C=c2/sc3n(c2=O)[C@H](c2ccc(OC)cc2)C(C(=O)Nc2ccccc2)=C(C)N=3)ccc1O. The standard InChI is InChI=1S/C30H27N3O5S/c1-4-38-24-16-19(10-15-23(24)34)17-25-29(36)33-27(20-11-13-22(37-3)14-12-20)26(18(2)31-30(33)39-25)28(35)32-21-8-6-5-7-9-21/h5-17,27,34H,4H2,1-3H3,(H,32,35)/b25-17+/t27-/m1/s1.